The Balaban J connectivity index is 0. The third-order valence-electron chi connectivity index (χ3n) is 11.8. The maximum Gasteiger partial charge on any atom is 0.490 e. The fourth-order valence-electron chi connectivity index (χ4n) is 7.39. The molecule has 15 nitrogen and oxygen atoms in total. The monoisotopic (exact) mass is 1100 g/mol. The van der Waals surface area contributed by atoms with E-state index in [1.165, 1.54) is 167 Å². The summed E-state index contributed by atoms with van der Waals surface area (Å²) in [6.45, 7) is 12.0. The van der Waals surface area contributed by atoms with E-state index in [2.05, 4.69) is 48.8 Å². The van der Waals surface area contributed by atoms with Crippen molar-refractivity contribution in [3.05, 3.63) is 24.3 Å². The van der Waals surface area contributed by atoms with Crippen molar-refractivity contribution in [2.45, 2.75) is 206 Å². The van der Waals surface area contributed by atoms with Crippen LogP contribution in [0, 0.1) is 0 Å². The molecule has 0 aromatic heterocycles. The molecule has 0 spiro atoms. The Labute approximate surface area is 458 Å². The Morgan fingerprint density at radius 3 is 1.17 bits per heavy atom. The summed E-state index contributed by atoms with van der Waals surface area (Å²) in [5.41, 5.74) is 0. The molecule has 1 unspecified atom stereocenters. The number of nitrogens with one attached hydrogen (secondary N) is 2. The van der Waals surface area contributed by atoms with Crippen LogP contribution in [0.25, 0.3) is 0 Å². The number of methoxy groups -OCH3 is 1. The Hall–Kier alpha value is -2.68. The van der Waals surface area contributed by atoms with Gasteiger partial charge in [0.2, 0.25) is 0 Å². The highest BCUT2D eigenvalue weighted by Gasteiger charge is 2.38. The van der Waals surface area contributed by atoms with Crippen LogP contribution in [-0.4, -0.2) is 161 Å². The molecule has 0 radical (unpaired) electrons. The number of carboxylic acids is 1. The van der Waals surface area contributed by atoms with Crippen molar-refractivity contribution >= 4 is 17.9 Å². The summed E-state index contributed by atoms with van der Waals surface area (Å²) in [6, 6.07) is 0. The van der Waals surface area contributed by atoms with E-state index in [1.807, 2.05) is 0 Å². The normalized spacial score (nSPS) is 12.1. The van der Waals surface area contributed by atoms with Gasteiger partial charge in [0.05, 0.1) is 79.2 Å². The molecule has 18 heteroatoms. The summed E-state index contributed by atoms with van der Waals surface area (Å²) in [6.07, 6.45) is 40.8. The van der Waals surface area contributed by atoms with E-state index in [4.69, 9.17) is 52.5 Å². The van der Waals surface area contributed by atoms with Crippen molar-refractivity contribution in [1.82, 2.24) is 10.6 Å². The fourth-order valence-corrected chi connectivity index (χ4v) is 7.39. The standard InChI is InChI=1S/C56H108N2O11.C2HF3O2/c1-4-6-8-10-12-14-16-18-20-22-24-26-28-30-32-34-38-65-52-54(67-39-35-33-31-29-27-25-23-21-19-17-15-13-11-9-7-5-2)53-66-47-46-63-43-42-62-44-45-64-48-49-69-56(60)51-58-37-41-68-55(59)50-57-36-40-61-3;3-2(4,5)1(6)7/h18-21,54,57-58H,4-17,22-53H2,1-3H3;(H,6,7)/b20-18-,21-19-;. The van der Waals surface area contributed by atoms with E-state index in [-0.39, 0.29) is 45.0 Å². The number of allylic oxidation sites excluding steroid dienone is 4. The van der Waals surface area contributed by atoms with E-state index in [0.29, 0.717) is 72.6 Å². The molecular weight excluding hydrogens is 990 g/mol. The number of carboxylic acid groups (broad SMARTS) is 1. The largest absolute Gasteiger partial charge is 0.490 e. The number of ether oxygens (including phenoxy) is 9. The van der Waals surface area contributed by atoms with Crippen LogP contribution in [0.2, 0.25) is 0 Å². The number of esters is 2. The number of hydrogen-bond donors (Lipinski definition) is 3. The van der Waals surface area contributed by atoms with Crippen molar-refractivity contribution in [1.29, 1.82) is 0 Å². The first-order valence-electron chi connectivity index (χ1n) is 29.4. The van der Waals surface area contributed by atoms with Crippen LogP contribution in [0.4, 0.5) is 13.2 Å². The topological polar surface area (TPSA) is 179 Å². The van der Waals surface area contributed by atoms with Crippen LogP contribution in [0.15, 0.2) is 24.3 Å². The van der Waals surface area contributed by atoms with Crippen LogP contribution in [0.5, 0.6) is 0 Å². The molecule has 0 bridgehead atoms. The predicted octanol–water partition coefficient (Wildman–Crippen LogP) is 12.1. The average molecular weight is 1100 g/mol. The van der Waals surface area contributed by atoms with Gasteiger partial charge in [-0.3, -0.25) is 9.59 Å². The van der Waals surface area contributed by atoms with Crippen molar-refractivity contribution in [2.24, 2.45) is 0 Å². The van der Waals surface area contributed by atoms with Crippen molar-refractivity contribution in [2.75, 3.05) is 126 Å². The highest BCUT2D eigenvalue weighted by Crippen LogP contribution is 2.14. The first-order chi connectivity index (χ1) is 37.1. The van der Waals surface area contributed by atoms with Gasteiger partial charge in [0, 0.05) is 33.4 Å². The SMILES string of the molecule is CCCCCCCC/C=C\CCCCCCCCOCC(COCCOCCOCCOCCOC(=O)CNCCOC(=O)CNCCOC)OCCCCCCCC/C=C\CCCCCCCC.O=C(O)C(F)(F)F. The van der Waals surface area contributed by atoms with Gasteiger partial charge < -0.3 is 58.4 Å². The lowest BCUT2D eigenvalue weighted by atomic mass is 10.1. The Morgan fingerprint density at radius 1 is 0.434 bits per heavy atom. The van der Waals surface area contributed by atoms with Crippen LogP contribution in [0.1, 0.15) is 194 Å². The molecule has 0 aromatic rings. The fraction of sp³-hybridized carbons (Fsp3) is 0.879. The number of unbranched alkanes of at least 4 members (excludes halogenated alkanes) is 24. The Kier molecular flexibility index (Phi) is 62.6. The smallest absolute Gasteiger partial charge is 0.475 e. The molecule has 0 saturated carbocycles. The molecule has 0 amide bonds. The van der Waals surface area contributed by atoms with Crippen LogP contribution in [0.3, 0.4) is 0 Å². The van der Waals surface area contributed by atoms with Crippen molar-refractivity contribution in [3.63, 3.8) is 0 Å². The maximum atomic E-state index is 11.8. The van der Waals surface area contributed by atoms with Gasteiger partial charge >= 0.3 is 24.1 Å². The second kappa shape index (κ2) is 63.2. The lowest BCUT2D eigenvalue weighted by Gasteiger charge is -2.18. The molecular formula is C58H109F3N2O13. The minimum absolute atomic E-state index is 0.0250. The zero-order valence-electron chi connectivity index (χ0n) is 47.9. The maximum absolute atomic E-state index is 11.8. The molecule has 1 atom stereocenters. The predicted molar refractivity (Wildman–Crippen MR) is 296 cm³/mol. The van der Waals surface area contributed by atoms with E-state index < -0.39 is 18.1 Å². The molecule has 0 rings (SSSR count). The molecule has 0 aliphatic rings. The Bertz CT molecular complexity index is 1280. The van der Waals surface area contributed by atoms with Crippen LogP contribution in [-0.2, 0) is 57.0 Å². The molecule has 0 aliphatic carbocycles. The summed E-state index contributed by atoms with van der Waals surface area (Å²) in [7, 11) is 1.60. The third-order valence-corrected chi connectivity index (χ3v) is 11.8. The van der Waals surface area contributed by atoms with Crippen molar-refractivity contribution < 1.29 is 75.3 Å². The molecule has 0 saturated heterocycles. The average Bonchev–Trinajstić information content (AvgIpc) is 3.40. The number of carbonyl (C=O) groups is 3. The number of aliphatic carboxylic acids is 1. The van der Waals surface area contributed by atoms with E-state index in [1.54, 1.807) is 7.11 Å². The lowest BCUT2D eigenvalue weighted by Crippen LogP contribution is -2.31. The molecule has 0 fully saturated rings. The van der Waals surface area contributed by atoms with Gasteiger partial charge in [0.15, 0.2) is 0 Å². The molecule has 0 aliphatic heterocycles. The second-order valence-corrected chi connectivity index (χ2v) is 18.9. The minimum atomic E-state index is -5.08. The van der Waals surface area contributed by atoms with E-state index in [9.17, 15) is 22.8 Å². The second-order valence-electron chi connectivity index (χ2n) is 18.9. The van der Waals surface area contributed by atoms with Crippen LogP contribution < -0.4 is 10.6 Å². The van der Waals surface area contributed by atoms with E-state index >= 15 is 0 Å². The first kappa shape index (κ1) is 75.4. The van der Waals surface area contributed by atoms with Crippen molar-refractivity contribution in [3.8, 4) is 0 Å². The molecule has 76 heavy (non-hydrogen) atoms. The van der Waals surface area contributed by atoms with Gasteiger partial charge in [-0.15, -0.1) is 0 Å². The molecule has 450 valence electrons. The first-order valence-corrected chi connectivity index (χ1v) is 29.4. The summed E-state index contributed by atoms with van der Waals surface area (Å²) < 4.78 is 81.9. The number of alkyl halides is 3. The van der Waals surface area contributed by atoms with Gasteiger partial charge in [-0.2, -0.15) is 13.2 Å². The zero-order chi connectivity index (χ0) is 55.9. The molecule has 0 heterocycles. The van der Waals surface area contributed by atoms with Gasteiger partial charge in [-0.1, -0.05) is 154 Å². The van der Waals surface area contributed by atoms with E-state index in [0.717, 1.165) is 26.1 Å². The van der Waals surface area contributed by atoms with Crippen LogP contribution >= 0.6 is 0 Å². The number of carbonyl (C=O) groups excluding carboxylic acids is 2. The third kappa shape index (κ3) is 65.6. The zero-order valence-corrected chi connectivity index (χ0v) is 47.9. The molecule has 0 aromatic carbocycles. The quantitative estimate of drug-likeness (QED) is 0.0297. The lowest BCUT2D eigenvalue weighted by molar-refractivity contribution is -0.192. The summed E-state index contributed by atoms with van der Waals surface area (Å²) in [5.74, 6) is -3.51. The Morgan fingerprint density at radius 2 is 0.763 bits per heavy atom. The number of halogens is 3. The molecule has 3 N–H and O–H groups in total. The number of rotatable bonds is 59. The summed E-state index contributed by atoms with van der Waals surface area (Å²) in [5, 5.41) is 12.9. The summed E-state index contributed by atoms with van der Waals surface area (Å²) >= 11 is 0. The van der Waals surface area contributed by atoms with Gasteiger partial charge in [0.1, 0.15) is 19.3 Å². The highest BCUT2D eigenvalue weighted by molar-refractivity contribution is 5.73. The summed E-state index contributed by atoms with van der Waals surface area (Å²) in [4.78, 5) is 32.3. The van der Waals surface area contributed by atoms with Gasteiger partial charge in [-0.25, -0.2) is 4.79 Å². The van der Waals surface area contributed by atoms with Gasteiger partial charge in [-0.05, 0) is 64.2 Å². The van der Waals surface area contributed by atoms with Gasteiger partial charge in [0.25, 0.3) is 0 Å². The minimum Gasteiger partial charge on any atom is -0.475 e. The number of hydrogen-bond acceptors (Lipinski definition) is 14. The highest BCUT2D eigenvalue weighted by atomic mass is 19.4.